The molecular formula is C16H16ClN3O2. The number of aryl methyl sites for hydroxylation is 1. The van der Waals surface area contributed by atoms with Gasteiger partial charge in [0.25, 0.3) is 0 Å². The van der Waals surface area contributed by atoms with Crippen molar-refractivity contribution in [2.24, 2.45) is 0 Å². The zero-order chi connectivity index (χ0) is 16.1. The van der Waals surface area contributed by atoms with E-state index in [2.05, 4.69) is 10.2 Å². The highest BCUT2D eigenvalue weighted by Gasteiger charge is 2.47. The number of ketones is 1. The number of hydrogen-bond donors (Lipinski definition) is 1. The molecule has 1 aliphatic rings. The normalized spacial score (nSPS) is 17.4. The minimum atomic E-state index is -0.876. The number of aromatic nitrogens is 2. The number of nitrogens with one attached hydrogen (secondary N) is 1. The van der Waals surface area contributed by atoms with Gasteiger partial charge >= 0.3 is 0 Å². The van der Waals surface area contributed by atoms with Gasteiger partial charge in [-0.1, -0.05) is 23.7 Å². The van der Waals surface area contributed by atoms with E-state index in [0.717, 1.165) is 11.3 Å². The molecule has 1 saturated heterocycles. The van der Waals surface area contributed by atoms with Crippen LogP contribution in [0.2, 0.25) is 5.02 Å². The zero-order valence-electron chi connectivity index (χ0n) is 12.6. The van der Waals surface area contributed by atoms with Crippen LogP contribution in [-0.2, 0) is 9.59 Å². The highest BCUT2D eigenvalue weighted by molar-refractivity contribution is 6.31. The summed E-state index contributed by atoms with van der Waals surface area (Å²) in [5.74, 6) is -0.294. The van der Waals surface area contributed by atoms with Crippen LogP contribution in [0.15, 0.2) is 24.3 Å². The second-order valence-corrected chi connectivity index (χ2v) is 6.38. The van der Waals surface area contributed by atoms with E-state index in [1.54, 1.807) is 30.9 Å². The van der Waals surface area contributed by atoms with Crippen molar-refractivity contribution in [3.8, 4) is 11.3 Å². The molecule has 5 nitrogen and oxygen atoms in total. The number of carbonyl (C=O) groups excluding carboxylic acids is 2. The smallest absolute Gasteiger partial charge is 0.235 e. The van der Waals surface area contributed by atoms with Crippen LogP contribution in [0.4, 0.5) is 5.69 Å². The summed E-state index contributed by atoms with van der Waals surface area (Å²) < 4.78 is 0. The molecule has 3 rings (SSSR count). The van der Waals surface area contributed by atoms with Crippen LogP contribution in [0.25, 0.3) is 11.3 Å². The van der Waals surface area contributed by atoms with E-state index in [9.17, 15) is 9.59 Å². The fraction of sp³-hybridized carbons (Fsp3) is 0.312. The maximum atomic E-state index is 12.3. The number of amides is 1. The minimum absolute atomic E-state index is 0.0768. The van der Waals surface area contributed by atoms with E-state index in [4.69, 9.17) is 11.6 Å². The molecule has 22 heavy (non-hydrogen) atoms. The molecule has 0 spiro atoms. The first-order valence-electron chi connectivity index (χ1n) is 6.99. The molecule has 1 aliphatic heterocycles. The topological polar surface area (TPSA) is 66.1 Å². The molecule has 1 fully saturated rings. The van der Waals surface area contributed by atoms with Gasteiger partial charge < -0.3 is 0 Å². The van der Waals surface area contributed by atoms with Crippen molar-refractivity contribution >= 4 is 29.0 Å². The van der Waals surface area contributed by atoms with Crippen LogP contribution in [0, 0.1) is 6.92 Å². The van der Waals surface area contributed by atoms with Gasteiger partial charge in [-0.25, -0.2) is 0 Å². The Morgan fingerprint density at radius 3 is 2.64 bits per heavy atom. The van der Waals surface area contributed by atoms with E-state index in [0.29, 0.717) is 16.4 Å². The van der Waals surface area contributed by atoms with Gasteiger partial charge in [0.1, 0.15) is 11.2 Å². The van der Waals surface area contributed by atoms with Gasteiger partial charge in [0.2, 0.25) is 5.91 Å². The second kappa shape index (κ2) is 4.95. The number of nitrogens with zero attached hydrogens (tertiary/aromatic N) is 2. The van der Waals surface area contributed by atoms with Gasteiger partial charge in [-0.15, -0.1) is 0 Å². The molecule has 2 heterocycles. The summed E-state index contributed by atoms with van der Waals surface area (Å²) in [6.07, 6.45) is -0.0768. The average molecular weight is 318 g/mol. The summed E-state index contributed by atoms with van der Waals surface area (Å²) in [6, 6.07) is 7.27. The molecule has 6 heteroatoms. The number of halogens is 1. The van der Waals surface area contributed by atoms with E-state index in [1.165, 1.54) is 0 Å². The lowest BCUT2D eigenvalue weighted by molar-refractivity contribution is -0.122. The van der Waals surface area contributed by atoms with Crippen molar-refractivity contribution in [3.05, 3.63) is 35.0 Å². The van der Waals surface area contributed by atoms with E-state index in [-0.39, 0.29) is 18.1 Å². The first kappa shape index (κ1) is 14.8. The van der Waals surface area contributed by atoms with Gasteiger partial charge in [-0.05, 0) is 32.9 Å². The summed E-state index contributed by atoms with van der Waals surface area (Å²) in [6.45, 7) is 5.35. The first-order chi connectivity index (χ1) is 10.3. The van der Waals surface area contributed by atoms with Gasteiger partial charge in [-0.3, -0.25) is 19.6 Å². The van der Waals surface area contributed by atoms with Crippen LogP contribution >= 0.6 is 11.6 Å². The number of rotatable bonds is 2. The quantitative estimate of drug-likeness (QED) is 0.865. The molecule has 1 amide bonds. The van der Waals surface area contributed by atoms with E-state index in [1.807, 2.05) is 19.1 Å². The summed E-state index contributed by atoms with van der Waals surface area (Å²) >= 11 is 6.05. The number of aromatic amines is 1. The predicted octanol–water partition coefficient (Wildman–Crippen LogP) is 3.12. The fourth-order valence-corrected chi connectivity index (χ4v) is 3.00. The molecule has 114 valence electrons. The second-order valence-electron chi connectivity index (χ2n) is 5.94. The summed E-state index contributed by atoms with van der Waals surface area (Å²) in [5, 5.41) is 7.80. The summed E-state index contributed by atoms with van der Waals surface area (Å²) in [5.41, 5.74) is 1.93. The third-order valence-corrected chi connectivity index (χ3v) is 4.27. The Balaban J connectivity index is 2.19. The lowest BCUT2D eigenvalue weighted by Crippen LogP contribution is -2.45. The van der Waals surface area contributed by atoms with Crippen LogP contribution < -0.4 is 4.90 Å². The van der Waals surface area contributed by atoms with Gasteiger partial charge in [0.05, 0.1) is 17.8 Å². The monoisotopic (exact) mass is 317 g/mol. The largest absolute Gasteiger partial charge is 0.296 e. The molecular weight excluding hydrogens is 302 g/mol. The molecule has 0 radical (unpaired) electrons. The Morgan fingerprint density at radius 1 is 1.32 bits per heavy atom. The summed E-state index contributed by atoms with van der Waals surface area (Å²) in [4.78, 5) is 26.0. The predicted molar refractivity (Wildman–Crippen MR) is 85.0 cm³/mol. The van der Waals surface area contributed by atoms with Gasteiger partial charge in [-0.2, -0.15) is 5.10 Å². The molecule has 0 aliphatic carbocycles. The number of hydrogen-bond acceptors (Lipinski definition) is 3. The Hall–Kier alpha value is -2.14. The lowest BCUT2D eigenvalue weighted by atomic mass is 9.99. The number of Topliss-reactive ketones (excluding diaryl/α,β-unsaturated/α-hetero) is 1. The Bertz CT molecular complexity index is 779. The van der Waals surface area contributed by atoms with Crippen molar-refractivity contribution < 1.29 is 9.59 Å². The third-order valence-electron chi connectivity index (χ3n) is 4.04. The van der Waals surface area contributed by atoms with Crippen molar-refractivity contribution in [1.82, 2.24) is 10.2 Å². The standard InChI is InChI=1S/C16H16ClN3O2/c1-9-15(20-13(22)8-12(21)16(20,2)3)14(19-18-9)10-5-4-6-11(17)7-10/h4-7H,8H2,1-3H3,(H,18,19). The average Bonchev–Trinajstić information content (AvgIpc) is 2.89. The van der Waals surface area contributed by atoms with Gasteiger partial charge in [0.15, 0.2) is 5.78 Å². The molecule has 1 N–H and O–H groups in total. The van der Waals surface area contributed by atoms with Crippen molar-refractivity contribution in [2.45, 2.75) is 32.7 Å². The molecule has 1 aromatic carbocycles. The Kier molecular flexibility index (Phi) is 3.33. The van der Waals surface area contributed by atoms with Crippen molar-refractivity contribution in [3.63, 3.8) is 0 Å². The minimum Gasteiger partial charge on any atom is -0.296 e. The summed E-state index contributed by atoms with van der Waals surface area (Å²) in [7, 11) is 0. The maximum Gasteiger partial charge on any atom is 0.235 e. The van der Waals surface area contributed by atoms with E-state index < -0.39 is 5.54 Å². The lowest BCUT2D eigenvalue weighted by Gasteiger charge is -2.30. The zero-order valence-corrected chi connectivity index (χ0v) is 13.4. The molecule has 0 unspecified atom stereocenters. The molecule has 0 saturated carbocycles. The highest BCUT2D eigenvalue weighted by Crippen LogP contribution is 2.40. The number of carbonyl (C=O) groups is 2. The van der Waals surface area contributed by atoms with Crippen LogP contribution in [0.1, 0.15) is 26.0 Å². The van der Waals surface area contributed by atoms with Crippen molar-refractivity contribution in [2.75, 3.05) is 4.90 Å². The van der Waals surface area contributed by atoms with Gasteiger partial charge in [0, 0.05) is 10.6 Å². The first-order valence-corrected chi connectivity index (χ1v) is 7.37. The Morgan fingerprint density at radius 2 is 2.05 bits per heavy atom. The number of benzene rings is 1. The number of H-pyrrole nitrogens is 1. The van der Waals surface area contributed by atoms with Crippen LogP contribution in [0.3, 0.4) is 0 Å². The van der Waals surface area contributed by atoms with E-state index >= 15 is 0 Å². The molecule has 2 aromatic rings. The molecule has 1 aromatic heterocycles. The SMILES string of the molecule is Cc1[nH]nc(-c2cccc(Cl)c2)c1N1C(=O)CC(=O)C1(C)C. The highest BCUT2D eigenvalue weighted by atomic mass is 35.5. The molecule has 0 bridgehead atoms. The Labute approximate surface area is 133 Å². The maximum absolute atomic E-state index is 12.3. The van der Waals surface area contributed by atoms with Crippen LogP contribution in [-0.4, -0.2) is 27.4 Å². The molecule has 0 atom stereocenters. The van der Waals surface area contributed by atoms with Crippen molar-refractivity contribution in [1.29, 1.82) is 0 Å². The fourth-order valence-electron chi connectivity index (χ4n) is 2.81. The third kappa shape index (κ3) is 2.13. The van der Waals surface area contributed by atoms with Crippen LogP contribution in [0.5, 0.6) is 0 Å². The number of anilines is 1.